The van der Waals surface area contributed by atoms with Crippen LogP contribution in [0.2, 0.25) is 0 Å². The van der Waals surface area contributed by atoms with Gasteiger partial charge in [-0.25, -0.2) is 0 Å². The van der Waals surface area contributed by atoms with Crippen LogP contribution in [0.1, 0.15) is 6.92 Å². The molecule has 0 spiro atoms. The molecule has 2 heteroatoms. The van der Waals surface area contributed by atoms with Crippen molar-refractivity contribution in [3.63, 3.8) is 0 Å². The number of rotatable bonds is 2. The third kappa shape index (κ3) is 3.47. The zero-order valence-electron chi connectivity index (χ0n) is 3.32. The lowest BCUT2D eigenvalue weighted by atomic mass is 10.9. The lowest BCUT2D eigenvalue weighted by molar-refractivity contribution is -0.746. The Labute approximate surface area is 31.4 Å². The van der Waals surface area contributed by atoms with Crippen molar-refractivity contribution in [3.8, 4) is 0 Å². The van der Waals surface area contributed by atoms with Gasteiger partial charge in [-0.1, -0.05) is 5.16 Å². The summed E-state index contributed by atoms with van der Waals surface area (Å²) in [6.45, 7) is 5.76. The molecule has 0 aromatic rings. The van der Waals surface area contributed by atoms with Crippen molar-refractivity contribution in [2.24, 2.45) is 0 Å². The predicted octanol–water partition coefficient (Wildman–Crippen LogP) is -1.28. The van der Waals surface area contributed by atoms with E-state index in [2.05, 4.69) is 16.7 Å². The summed E-state index contributed by atoms with van der Waals surface area (Å²) in [5, 5.41) is 2.27. The molecule has 0 rings (SSSR count). The summed E-state index contributed by atoms with van der Waals surface area (Å²) in [7, 11) is 0. The van der Waals surface area contributed by atoms with Gasteiger partial charge in [0, 0.05) is 0 Å². The van der Waals surface area contributed by atoms with Crippen molar-refractivity contribution in [2.45, 2.75) is 6.92 Å². The first-order valence-electron chi connectivity index (χ1n) is 1.55. The molecule has 2 nitrogen and oxygen atoms in total. The fourth-order valence-corrected chi connectivity index (χ4v) is 0.102. The van der Waals surface area contributed by atoms with Gasteiger partial charge in [-0.05, 0) is 6.92 Å². The molecule has 1 N–H and O–H groups in total. The van der Waals surface area contributed by atoms with E-state index < -0.39 is 0 Å². The largest absolute Gasteiger partial charge is 0.280 e. The van der Waals surface area contributed by atoms with Crippen LogP contribution in [-0.4, -0.2) is 13.3 Å². The first-order valence-corrected chi connectivity index (χ1v) is 1.55. The quantitative estimate of drug-likeness (QED) is 0.320. The van der Waals surface area contributed by atoms with Gasteiger partial charge in [0.2, 0.25) is 0 Å². The van der Waals surface area contributed by atoms with Gasteiger partial charge in [-0.3, -0.25) is 4.84 Å². The van der Waals surface area contributed by atoms with Crippen molar-refractivity contribution >= 4 is 6.72 Å². The van der Waals surface area contributed by atoms with E-state index in [1.807, 2.05) is 6.92 Å². The highest BCUT2D eigenvalue weighted by Gasteiger charge is 1.63. The molecule has 5 heavy (non-hydrogen) atoms. The second-order valence-corrected chi connectivity index (χ2v) is 0.577. The van der Waals surface area contributed by atoms with Gasteiger partial charge in [0.25, 0.3) is 0 Å². The maximum absolute atomic E-state index is 4.47. The van der Waals surface area contributed by atoms with Crippen LogP contribution in [0.15, 0.2) is 0 Å². The first kappa shape index (κ1) is 4.47. The Morgan fingerprint density at radius 3 is 2.60 bits per heavy atom. The van der Waals surface area contributed by atoms with Crippen LogP contribution in [0.3, 0.4) is 0 Å². The third-order valence-electron chi connectivity index (χ3n) is 0.246. The highest BCUT2D eigenvalue weighted by molar-refractivity contribution is 5.11. The van der Waals surface area contributed by atoms with E-state index in [4.69, 9.17) is 0 Å². The number of hydrogen-bond acceptors (Lipinski definition) is 1. The zero-order valence-corrected chi connectivity index (χ0v) is 3.32. The lowest BCUT2D eigenvalue weighted by Crippen LogP contribution is -2.64. The highest BCUT2D eigenvalue weighted by Crippen LogP contribution is 1.43. The molecule has 0 heterocycles. The van der Waals surface area contributed by atoms with Gasteiger partial charge in [0.05, 0.1) is 0 Å². The Kier molecular flexibility index (Phi) is 3.10. The van der Waals surface area contributed by atoms with Gasteiger partial charge in [-0.15, -0.1) is 0 Å². The van der Waals surface area contributed by atoms with Gasteiger partial charge in [0.1, 0.15) is 0 Å². The molecular formula is C3H8NO+. The minimum atomic E-state index is 0.670. The van der Waals surface area contributed by atoms with Crippen LogP contribution in [0.5, 0.6) is 0 Å². The van der Waals surface area contributed by atoms with E-state index >= 15 is 0 Å². The molecule has 0 aliphatic carbocycles. The summed E-state index contributed by atoms with van der Waals surface area (Å²) in [5.74, 6) is 0. The predicted molar refractivity (Wildman–Crippen MR) is 19.7 cm³/mol. The lowest BCUT2D eigenvalue weighted by Gasteiger charge is -1.74. The van der Waals surface area contributed by atoms with Gasteiger partial charge < -0.3 is 0 Å². The summed E-state index contributed by atoms with van der Waals surface area (Å²) >= 11 is 0. The summed E-state index contributed by atoms with van der Waals surface area (Å²) in [6.07, 6.45) is 0. The average Bonchev–Trinajstić information content (AvgIpc) is 1.41. The molecule has 30 valence electrons. The minimum absolute atomic E-state index is 0.670. The second kappa shape index (κ2) is 3.47. The van der Waals surface area contributed by atoms with E-state index in [1.54, 1.807) is 0 Å². The molecule has 0 aliphatic heterocycles. The molecule has 0 atom stereocenters. The maximum atomic E-state index is 4.47. The smallest absolute Gasteiger partial charge is 0.177 e. The standard InChI is InChI=1S/C3H7NO/c1-3-5-4-2/h2-3H2,1H3/p+1. The number of hydrogen-bond donors (Lipinski definition) is 1. The molecule has 0 saturated carbocycles. The van der Waals surface area contributed by atoms with Crippen LogP contribution in [0.25, 0.3) is 0 Å². The molecule has 0 unspecified atom stereocenters. The number of nitrogens with one attached hydrogen (secondary N) is 1. The van der Waals surface area contributed by atoms with E-state index in [1.165, 1.54) is 0 Å². The van der Waals surface area contributed by atoms with E-state index in [0.717, 1.165) is 0 Å². The molecule has 0 fully saturated rings. The first-order chi connectivity index (χ1) is 2.41. The van der Waals surface area contributed by atoms with E-state index in [0.29, 0.717) is 6.61 Å². The Morgan fingerprint density at radius 1 is 2.00 bits per heavy atom. The van der Waals surface area contributed by atoms with Crippen molar-refractivity contribution in [3.05, 3.63) is 0 Å². The van der Waals surface area contributed by atoms with Gasteiger partial charge in [-0.2, -0.15) is 0 Å². The fourth-order valence-electron chi connectivity index (χ4n) is 0.102. The van der Waals surface area contributed by atoms with Crippen molar-refractivity contribution < 1.29 is 9.99 Å². The molecule has 0 aromatic heterocycles. The highest BCUT2D eigenvalue weighted by atomic mass is 16.6. The summed E-state index contributed by atoms with van der Waals surface area (Å²) in [4.78, 5) is 4.47. The maximum Gasteiger partial charge on any atom is 0.177 e. The van der Waals surface area contributed by atoms with E-state index in [9.17, 15) is 0 Å². The van der Waals surface area contributed by atoms with Gasteiger partial charge in [0.15, 0.2) is 13.3 Å². The zero-order chi connectivity index (χ0) is 4.12. The molecule has 0 aliphatic rings. The Bertz CT molecular complexity index is 28.1. The Morgan fingerprint density at radius 2 is 2.60 bits per heavy atom. The molecule has 0 bridgehead atoms. The topological polar surface area (TPSA) is 23.2 Å². The van der Waals surface area contributed by atoms with Crippen molar-refractivity contribution in [2.75, 3.05) is 6.61 Å². The SMILES string of the molecule is C=[NH+]OCC. The summed E-state index contributed by atoms with van der Waals surface area (Å²) in [5.41, 5.74) is 0. The van der Waals surface area contributed by atoms with Crippen LogP contribution < -0.4 is 5.16 Å². The molecule has 0 radical (unpaired) electrons. The molecule has 0 amide bonds. The van der Waals surface area contributed by atoms with Crippen LogP contribution in [-0.2, 0) is 4.84 Å². The summed E-state index contributed by atoms with van der Waals surface area (Å²) < 4.78 is 0. The van der Waals surface area contributed by atoms with Crippen molar-refractivity contribution in [1.29, 1.82) is 0 Å². The van der Waals surface area contributed by atoms with Crippen LogP contribution in [0, 0.1) is 0 Å². The molecule has 0 saturated heterocycles. The van der Waals surface area contributed by atoms with Crippen molar-refractivity contribution in [1.82, 2.24) is 0 Å². The third-order valence-corrected chi connectivity index (χ3v) is 0.246. The normalized spacial score (nSPS) is 6.60. The monoisotopic (exact) mass is 74.1 g/mol. The summed E-state index contributed by atoms with van der Waals surface area (Å²) in [6, 6.07) is 0. The van der Waals surface area contributed by atoms with Crippen LogP contribution in [0.4, 0.5) is 0 Å². The Hall–Kier alpha value is -0.530. The van der Waals surface area contributed by atoms with Crippen LogP contribution >= 0.6 is 0 Å². The molecular weight excluding hydrogens is 66.0 g/mol. The second-order valence-electron chi connectivity index (χ2n) is 0.577. The molecule has 0 aromatic carbocycles. The Balaban J connectivity index is 2.40. The average molecular weight is 74.1 g/mol. The minimum Gasteiger partial charge on any atom is -0.280 e. The van der Waals surface area contributed by atoms with Gasteiger partial charge >= 0.3 is 0 Å². The van der Waals surface area contributed by atoms with E-state index in [-0.39, 0.29) is 0 Å². The fraction of sp³-hybridized carbons (Fsp3) is 0.667.